The fourth-order valence-corrected chi connectivity index (χ4v) is 3.39. The number of carbonyl (C=O) groups excluding carboxylic acids is 1. The lowest BCUT2D eigenvalue weighted by molar-refractivity contribution is -0.192. The first kappa shape index (κ1) is 29.6. The zero-order valence-corrected chi connectivity index (χ0v) is 20.8. The molecular weight excluding hydrogens is 513 g/mol. The Bertz CT molecular complexity index is 1200. The van der Waals surface area contributed by atoms with Crippen LogP contribution in [0.15, 0.2) is 66.7 Å². The number of carboxylic acids is 1. The van der Waals surface area contributed by atoms with Gasteiger partial charge in [-0.3, -0.25) is 9.69 Å². The Balaban J connectivity index is 0.000000604. The number of nitrogens with one attached hydrogen (secondary N) is 1. The van der Waals surface area contributed by atoms with Gasteiger partial charge in [-0.05, 0) is 60.6 Å². The van der Waals surface area contributed by atoms with Crippen LogP contribution in [0.5, 0.6) is 5.75 Å². The van der Waals surface area contributed by atoms with E-state index in [1.165, 1.54) is 0 Å². The number of carboxylic acid groups (broad SMARTS) is 1. The second-order valence-corrected chi connectivity index (χ2v) is 8.27. The Morgan fingerprint density at radius 3 is 2.19 bits per heavy atom. The van der Waals surface area contributed by atoms with Crippen LogP contribution in [0, 0.1) is 0 Å². The lowest BCUT2D eigenvalue weighted by atomic mass is 10.0. The van der Waals surface area contributed by atoms with E-state index in [-0.39, 0.29) is 12.5 Å². The molecule has 0 aliphatic rings. The third-order valence-electron chi connectivity index (χ3n) is 5.01. The molecule has 198 valence electrons. The van der Waals surface area contributed by atoms with Gasteiger partial charge >= 0.3 is 12.1 Å². The molecule has 0 saturated heterocycles. The molecule has 0 spiro atoms. The lowest BCUT2D eigenvalue weighted by Gasteiger charge is -2.18. The van der Waals surface area contributed by atoms with Crippen LogP contribution in [-0.2, 0) is 11.3 Å². The second-order valence-electron chi connectivity index (χ2n) is 7.83. The fraction of sp³-hybridized carbons (Fsp3) is 0.231. The zero-order valence-electron chi connectivity index (χ0n) is 20.1. The molecule has 0 aromatic heterocycles. The highest BCUT2D eigenvalue weighted by atomic mass is 35.5. The number of alkyl halides is 3. The minimum atomic E-state index is -5.08. The number of aliphatic hydroxyl groups excluding tert-OH is 1. The zero-order chi connectivity index (χ0) is 27.6. The molecule has 0 aliphatic heterocycles. The third-order valence-corrected chi connectivity index (χ3v) is 5.24. The van der Waals surface area contributed by atoms with Gasteiger partial charge in [0.2, 0.25) is 0 Å². The van der Waals surface area contributed by atoms with Crippen LogP contribution in [-0.4, -0.2) is 60.5 Å². The molecule has 1 amide bonds. The highest BCUT2D eigenvalue weighted by Crippen LogP contribution is 2.28. The third kappa shape index (κ3) is 9.41. The van der Waals surface area contributed by atoms with E-state index >= 15 is 0 Å². The van der Waals surface area contributed by atoms with Crippen molar-refractivity contribution >= 4 is 29.2 Å². The Hall–Kier alpha value is -3.60. The van der Waals surface area contributed by atoms with Gasteiger partial charge in [0.1, 0.15) is 5.75 Å². The van der Waals surface area contributed by atoms with Crippen molar-refractivity contribution < 1.29 is 37.7 Å². The summed E-state index contributed by atoms with van der Waals surface area (Å²) < 4.78 is 37.2. The molecule has 3 aromatic rings. The van der Waals surface area contributed by atoms with Crippen molar-refractivity contribution in [2.75, 3.05) is 32.6 Å². The molecule has 0 fully saturated rings. The molecule has 0 aliphatic carbocycles. The first-order valence-corrected chi connectivity index (χ1v) is 11.3. The number of carbonyl (C=O) groups is 2. The summed E-state index contributed by atoms with van der Waals surface area (Å²) in [5.74, 6) is -2.15. The van der Waals surface area contributed by atoms with Crippen molar-refractivity contribution in [1.82, 2.24) is 4.90 Å². The molecule has 0 heterocycles. The van der Waals surface area contributed by atoms with Gasteiger partial charge in [-0.1, -0.05) is 35.9 Å². The topological polar surface area (TPSA) is 99.1 Å². The molecule has 0 saturated carbocycles. The van der Waals surface area contributed by atoms with Crippen LogP contribution in [0.2, 0.25) is 5.02 Å². The average Bonchev–Trinajstić information content (AvgIpc) is 2.84. The number of rotatable bonds is 8. The maximum atomic E-state index is 12.4. The van der Waals surface area contributed by atoms with E-state index in [1.54, 1.807) is 31.4 Å². The number of amides is 1. The lowest BCUT2D eigenvalue weighted by Crippen LogP contribution is -2.21. The standard InChI is InChI=1S/C24H25ClN2O3.C2HF3O2/c1-27(12-13-28)16-20-14-18(8-11-23(20)30-2)17-6-9-22(10-7-17)26-24(29)19-4-3-5-21(25)15-19;3-2(4,5)1(6)7/h3-11,14-15,28H,12-13,16H2,1-2H3,(H,26,29);(H,6,7). The summed E-state index contributed by atoms with van der Waals surface area (Å²) in [6.07, 6.45) is -5.08. The molecule has 0 bridgehead atoms. The first-order valence-electron chi connectivity index (χ1n) is 10.9. The fourth-order valence-electron chi connectivity index (χ4n) is 3.20. The quantitative estimate of drug-likeness (QED) is 0.359. The maximum Gasteiger partial charge on any atom is 0.490 e. The Morgan fingerprint density at radius 1 is 1.03 bits per heavy atom. The van der Waals surface area contributed by atoms with Gasteiger partial charge in [-0.25, -0.2) is 4.79 Å². The van der Waals surface area contributed by atoms with E-state index in [9.17, 15) is 18.0 Å². The predicted molar refractivity (Wildman–Crippen MR) is 135 cm³/mol. The minimum absolute atomic E-state index is 0.112. The van der Waals surface area contributed by atoms with E-state index in [0.29, 0.717) is 29.4 Å². The van der Waals surface area contributed by atoms with Gasteiger partial charge in [0, 0.05) is 34.9 Å². The van der Waals surface area contributed by atoms with E-state index in [2.05, 4.69) is 11.4 Å². The van der Waals surface area contributed by atoms with Gasteiger partial charge < -0.3 is 20.3 Å². The van der Waals surface area contributed by atoms with E-state index < -0.39 is 12.1 Å². The van der Waals surface area contributed by atoms with Crippen LogP contribution in [0.1, 0.15) is 15.9 Å². The molecular formula is C26H26ClF3N2O5. The van der Waals surface area contributed by atoms with E-state index in [1.807, 2.05) is 48.3 Å². The number of hydrogen-bond acceptors (Lipinski definition) is 5. The van der Waals surface area contributed by atoms with Crippen LogP contribution < -0.4 is 10.1 Å². The second kappa shape index (κ2) is 13.6. The number of hydrogen-bond donors (Lipinski definition) is 3. The molecule has 0 unspecified atom stereocenters. The predicted octanol–water partition coefficient (Wildman–Crippen LogP) is 5.33. The molecule has 3 aromatic carbocycles. The summed E-state index contributed by atoms with van der Waals surface area (Å²) in [4.78, 5) is 23.3. The molecule has 3 rings (SSSR count). The van der Waals surface area contributed by atoms with Crippen LogP contribution in [0.4, 0.5) is 18.9 Å². The SMILES string of the molecule is COc1ccc(-c2ccc(NC(=O)c3cccc(Cl)c3)cc2)cc1CN(C)CCO.O=C(O)C(F)(F)F. The summed E-state index contributed by atoms with van der Waals surface area (Å²) in [6, 6.07) is 20.6. The Morgan fingerprint density at radius 2 is 1.65 bits per heavy atom. The number of anilines is 1. The van der Waals surface area contributed by atoms with E-state index in [0.717, 1.165) is 22.4 Å². The van der Waals surface area contributed by atoms with Crippen molar-refractivity contribution in [3.8, 4) is 16.9 Å². The smallest absolute Gasteiger partial charge is 0.490 e. The van der Waals surface area contributed by atoms with Crippen LogP contribution in [0.25, 0.3) is 11.1 Å². The van der Waals surface area contributed by atoms with Crippen molar-refractivity contribution in [1.29, 1.82) is 0 Å². The molecule has 7 nitrogen and oxygen atoms in total. The van der Waals surface area contributed by atoms with E-state index in [4.69, 9.17) is 31.3 Å². The first-order chi connectivity index (χ1) is 17.4. The summed E-state index contributed by atoms with van der Waals surface area (Å²) in [7, 11) is 3.61. The number of ether oxygens (including phenoxy) is 1. The molecule has 0 atom stereocenters. The Labute approximate surface area is 217 Å². The Kier molecular flexibility index (Phi) is 10.9. The largest absolute Gasteiger partial charge is 0.496 e. The van der Waals surface area contributed by atoms with Gasteiger partial charge in [0.05, 0.1) is 13.7 Å². The molecule has 11 heteroatoms. The van der Waals surface area contributed by atoms with Gasteiger partial charge in [-0.15, -0.1) is 0 Å². The highest BCUT2D eigenvalue weighted by Gasteiger charge is 2.38. The van der Waals surface area contributed by atoms with Crippen LogP contribution in [0.3, 0.4) is 0 Å². The number of benzene rings is 3. The number of likely N-dealkylation sites (N-methyl/N-ethyl adjacent to an activating group) is 1. The number of nitrogens with zero attached hydrogens (tertiary/aromatic N) is 1. The molecule has 3 N–H and O–H groups in total. The van der Waals surface area contributed by atoms with Crippen LogP contribution >= 0.6 is 11.6 Å². The normalized spacial score (nSPS) is 10.9. The number of halogens is 4. The summed E-state index contributed by atoms with van der Waals surface area (Å²) >= 11 is 5.96. The number of aliphatic carboxylic acids is 1. The minimum Gasteiger partial charge on any atom is -0.496 e. The summed E-state index contributed by atoms with van der Waals surface area (Å²) in [5, 5.41) is 19.7. The van der Waals surface area contributed by atoms with Gasteiger partial charge in [0.15, 0.2) is 0 Å². The maximum absolute atomic E-state index is 12.4. The number of methoxy groups -OCH3 is 1. The molecule has 37 heavy (non-hydrogen) atoms. The average molecular weight is 539 g/mol. The molecule has 0 radical (unpaired) electrons. The van der Waals surface area contributed by atoms with Gasteiger partial charge in [0.25, 0.3) is 5.91 Å². The highest BCUT2D eigenvalue weighted by molar-refractivity contribution is 6.31. The summed E-state index contributed by atoms with van der Waals surface area (Å²) in [5.41, 5.74) is 4.35. The van der Waals surface area contributed by atoms with Crippen molar-refractivity contribution in [3.63, 3.8) is 0 Å². The van der Waals surface area contributed by atoms with Crippen molar-refractivity contribution in [2.24, 2.45) is 0 Å². The number of aliphatic hydroxyl groups is 1. The monoisotopic (exact) mass is 538 g/mol. The van der Waals surface area contributed by atoms with Gasteiger partial charge in [-0.2, -0.15) is 13.2 Å². The van der Waals surface area contributed by atoms with Crippen molar-refractivity contribution in [2.45, 2.75) is 12.7 Å². The summed E-state index contributed by atoms with van der Waals surface area (Å²) in [6.45, 7) is 1.38. The van der Waals surface area contributed by atoms with Crippen molar-refractivity contribution in [3.05, 3.63) is 82.9 Å².